The second-order valence-corrected chi connectivity index (χ2v) is 6.35. The molecule has 0 aromatic heterocycles. The lowest BCUT2D eigenvalue weighted by Crippen LogP contribution is -2.42. The van der Waals surface area contributed by atoms with E-state index in [0.29, 0.717) is 17.8 Å². The van der Waals surface area contributed by atoms with Gasteiger partial charge in [-0.3, -0.25) is 4.79 Å². The van der Waals surface area contributed by atoms with Gasteiger partial charge in [-0.1, -0.05) is 26.2 Å². The molecule has 4 heteroatoms. The minimum Gasteiger partial charge on any atom is -0.356 e. The van der Waals surface area contributed by atoms with Gasteiger partial charge in [-0.05, 0) is 37.0 Å². The fraction of sp³-hybridized carbons (Fsp3) is 0.929. The molecule has 0 radical (unpaired) electrons. The van der Waals surface area contributed by atoms with Crippen LogP contribution in [-0.4, -0.2) is 18.5 Å². The zero-order chi connectivity index (χ0) is 12.3. The number of hydrogen-bond acceptors (Lipinski definition) is 2. The molecule has 0 bridgehead atoms. The van der Waals surface area contributed by atoms with Crippen LogP contribution in [0.15, 0.2) is 0 Å². The Kier molecular flexibility index (Phi) is 5.93. The van der Waals surface area contributed by atoms with Crippen LogP contribution in [0.2, 0.25) is 0 Å². The molecule has 0 heterocycles. The van der Waals surface area contributed by atoms with Crippen LogP contribution in [0.25, 0.3) is 0 Å². The minimum absolute atomic E-state index is 0. The van der Waals surface area contributed by atoms with Crippen LogP contribution in [0, 0.1) is 11.3 Å². The first kappa shape index (κ1) is 15.8. The van der Waals surface area contributed by atoms with E-state index in [4.69, 9.17) is 5.73 Å². The molecule has 2 fully saturated rings. The Morgan fingerprint density at radius 1 is 1.28 bits per heavy atom. The molecule has 0 spiro atoms. The molecule has 0 aromatic rings. The zero-order valence-electron chi connectivity index (χ0n) is 11.4. The number of nitrogens with one attached hydrogen (secondary N) is 1. The molecule has 0 saturated heterocycles. The van der Waals surface area contributed by atoms with Gasteiger partial charge in [0.15, 0.2) is 0 Å². The standard InChI is InChI=1S/C14H26N2O.ClH/c1-14(7-4-8-14)10-16-13(17)9-11-5-2-3-6-12(11)15;/h11-12H,2-10,15H2,1H3,(H,16,17);1H. The number of hydrogen-bond donors (Lipinski definition) is 2. The van der Waals surface area contributed by atoms with E-state index in [9.17, 15) is 4.79 Å². The highest BCUT2D eigenvalue weighted by Crippen LogP contribution is 2.39. The van der Waals surface area contributed by atoms with E-state index in [1.807, 2.05) is 0 Å². The van der Waals surface area contributed by atoms with Crippen LogP contribution in [0.4, 0.5) is 0 Å². The Bertz CT molecular complexity index is 279. The number of amides is 1. The molecule has 0 aromatic carbocycles. The van der Waals surface area contributed by atoms with Crippen LogP contribution in [0.5, 0.6) is 0 Å². The van der Waals surface area contributed by atoms with E-state index in [0.717, 1.165) is 19.4 Å². The van der Waals surface area contributed by atoms with E-state index >= 15 is 0 Å². The zero-order valence-corrected chi connectivity index (χ0v) is 12.2. The Morgan fingerprint density at radius 2 is 1.94 bits per heavy atom. The second-order valence-electron chi connectivity index (χ2n) is 6.35. The van der Waals surface area contributed by atoms with Crippen molar-refractivity contribution in [1.29, 1.82) is 0 Å². The number of halogens is 1. The summed E-state index contributed by atoms with van der Waals surface area (Å²) in [6.45, 7) is 3.12. The quantitative estimate of drug-likeness (QED) is 0.828. The van der Waals surface area contributed by atoms with Gasteiger partial charge in [0.2, 0.25) is 5.91 Å². The Labute approximate surface area is 117 Å². The molecule has 106 valence electrons. The van der Waals surface area contributed by atoms with Crippen molar-refractivity contribution in [3.63, 3.8) is 0 Å². The molecule has 18 heavy (non-hydrogen) atoms. The van der Waals surface area contributed by atoms with Gasteiger partial charge >= 0.3 is 0 Å². The van der Waals surface area contributed by atoms with Crippen LogP contribution in [-0.2, 0) is 4.79 Å². The molecule has 3 nitrogen and oxygen atoms in total. The summed E-state index contributed by atoms with van der Waals surface area (Å²) in [5.74, 6) is 0.624. The lowest BCUT2D eigenvalue weighted by Gasteiger charge is -2.38. The highest BCUT2D eigenvalue weighted by atomic mass is 35.5. The number of carbonyl (C=O) groups is 1. The summed E-state index contributed by atoms with van der Waals surface area (Å²) in [4.78, 5) is 11.9. The first-order valence-corrected chi connectivity index (χ1v) is 7.11. The third-order valence-electron chi connectivity index (χ3n) is 4.69. The van der Waals surface area contributed by atoms with Crippen molar-refractivity contribution in [2.75, 3.05) is 6.54 Å². The summed E-state index contributed by atoms with van der Waals surface area (Å²) < 4.78 is 0. The van der Waals surface area contributed by atoms with E-state index in [2.05, 4.69) is 12.2 Å². The molecule has 3 N–H and O–H groups in total. The van der Waals surface area contributed by atoms with Gasteiger partial charge in [0.05, 0.1) is 0 Å². The largest absolute Gasteiger partial charge is 0.356 e. The highest BCUT2D eigenvalue weighted by molar-refractivity contribution is 5.85. The van der Waals surface area contributed by atoms with Crippen molar-refractivity contribution in [2.24, 2.45) is 17.1 Å². The molecule has 2 aliphatic carbocycles. The van der Waals surface area contributed by atoms with Crippen LogP contribution >= 0.6 is 12.4 Å². The monoisotopic (exact) mass is 274 g/mol. The topological polar surface area (TPSA) is 55.1 Å². The summed E-state index contributed by atoms with van der Waals surface area (Å²) in [6, 6.07) is 0.244. The molecule has 2 atom stereocenters. The molecule has 2 rings (SSSR count). The first-order chi connectivity index (χ1) is 8.09. The van der Waals surface area contributed by atoms with Crippen molar-refractivity contribution < 1.29 is 4.79 Å². The molecular formula is C14H27ClN2O. The molecule has 0 aliphatic heterocycles. The predicted molar refractivity (Wildman–Crippen MR) is 76.8 cm³/mol. The van der Waals surface area contributed by atoms with Gasteiger partial charge in [0.1, 0.15) is 0 Å². The van der Waals surface area contributed by atoms with Gasteiger partial charge in [0.25, 0.3) is 0 Å². The van der Waals surface area contributed by atoms with Crippen molar-refractivity contribution in [1.82, 2.24) is 5.32 Å². The summed E-state index contributed by atoms with van der Waals surface area (Å²) in [6.07, 6.45) is 9.17. The molecule has 2 aliphatic rings. The maximum absolute atomic E-state index is 11.9. The third-order valence-corrected chi connectivity index (χ3v) is 4.69. The number of rotatable bonds is 4. The first-order valence-electron chi connectivity index (χ1n) is 7.11. The van der Waals surface area contributed by atoms with Gasteiger partial charge in [-0.25, -0.2) is 0 Å². The van der Waals surface area contributed by atoms with Crippen molar-refractivity contribution >= 4 is 18.3 Å². The third kappa shape index (κ3) is 4.13. The molecular weight excluding hydrogens is 248 g/mol. The normalized spacial score (nSPS) is 29.9. The van der Waals surface area contributed by atoms with E-state index < -0.39 is 0 Å². The summed E-state index contributed by atoms with van der Waals surface area (Å²) in [5, 5.41) is 3.10. The average Bonchev–Trinajstić information content (AvgIpc) is 2.27. The van der Waals surface area contributed by atoms with Gasteiger partial charge in [-0.2, -0.15) is 0 Å². The summed E-state index contributed by atoms with van der Waals surface area (Å²) >= 11 is 0. The lowest BCUT2D eigenvalue weighted by atomic mass is 9.70. The summed E-state index contributed by atoms with van der Waals surface area (Å²) in [5.41, 5.74) is 6.45. The van der Waals surface area contributed by atoms with Gasteiger partial charge < -0.3 is 11.1 Å². The van der Waals surface area contributed by atoms with Gasteiger partial charge in [-0.15, -0.1) is 12.4 Å². The second kappa shape index (κ2) is 6.76. The lowest BCUT2D eigenvalue weighted by molar-refractivity contribution is -0.123. The molecule has 2 unspecified atom stereocenters. The van der Waals surface area contributed by atoms with E-state index in [1.54, 1.807) is 0 Å². The SMILES string of the molecule is CC1(CNC(=O)CC2CCCCC2N)CCC1.Cl. The predicted octanol–water partition coefficient (Wildman–Crippen LogP) is 2.62. The Hall–Kier alpha value is -0.280. The Balaban J connectivity index is 0.00000162. The number of carbonyl (C=O) groups excluding carboxylic acids is 1. The highest BCUT2D eigenvalue weighted by Gasteiger charge is 2.32. The number of nitrogens with two attached hydrogens (primary N) is 1. The average molecular weight is 275 g/mol. The minimum atomic E-state index is 0. The van der Waals surface area contributed by atoms with Crippen LogP contribution in [0.3, 0.4) is 0 Å². The molecule has 2 saturated carbocycles. The smallest absolute Gasteiger partial charge is 0.220 e. The fourth-order valence-corrected chi connectivity index (χ4v) is 3.07. The van der Waals surface area contributed by atoms with E-state index in [-0.39, 0.29) is 24.4 Å². The maximum atomic E-state index is 11.9. The maximum Gasteiger partial charge on any atom is 0.220 e. The Morgan fingerprint density at radius 3 is 2.50 bits per heavy atom. The van der Waals surface area contributed by atoms with E-state index in [1.165, 1.54) is 32.1 Å². The van der Waals surface area contributed by atoms with Gasteiger partial charge in [0, 0.05) is 19.0 Å². The van der Waals surface area contributed by atoms with Crippen LogP contribution in [0.1, 0.15) is 58.3 Å². The van der Waals surface area contributed by atoms with Crippen molar-refractivity contribution in [3.8, 4) is 0 Å². The van der Waals surface area contributed by atoms with Crippen molar-refractivity contribution in [2.45, 2.75) is 64.3 Å². The van der Waals surface area contributed by atoms with Crippen molar-refractivity contribution in [3.05, 3.63) is 0 Å². The molecule has 1 amide bonds. The summed E-state index contributed by atoms with van der Waals surface area (Å²) in [7, 11) is 0. The van der Waals surface area contributed by atoms with Crippen LogP contribution < -0.4 is 11.1 Å². The fourth-order valence-electron chi connectivity index (χ4n) is 3.07.